The molecule has 0 heterocycles. The van der Waals surface area contributed by atoms with E-state index in [2.05, 4.69) is 9.47 Å². The monoisotopic (exact) mass is 290 g/mol. The number of ketones is 1. The SMILES string of the molecule is CCOC(=O)CCC(=O)c1ccc(OC(F)(F)F)cc1. The highest BCUT2D eigenvalue weighted by atomic mass is 19.4. The molecule has 0 aliphatic rings. The van der Waals surface area contributed by atoms with E-state index in [4.69, 9.17) is 0 Å². The number of carbonyl (C=O) groups is 2. The Morgan fingerprint density at radius 2 is 1.70 bits per heavy atom. The van der Waals surface area contributed by atoms with Crippen molar-refractivity contribution in [1.29, 1.82) is 0 Å². The maximum absolute atomic E-state index is 11.9. The van der Waals surface area contributed by atoms with Crippen LogP contribution >= 0.6 is 0 Å². The number of hydrogen-bond acceptors (Lipinski definition) is 4. The summed E-state index contributed by atoms with van der Waals surface area (Å²) in [6.07, 6.45) is -4.89. The van der Waals surface area contributed by atoms with Crippen LogP contribution in [0, 0.1) is 0 Å². The molecule has 20 heavy (non-hydrogen) atoms. The molecular formula is C13H13F3O4. The van der Waals surface area contributed by atoms with Gasteiger partial charge in [0.1, 0.15) is 5.75 Å². The highest BCUT2D eigenvalue weighted by Gasteiger charge is 2.31. The Morgan fingerprint density at radius 3 is 2.20 bits per heavy atom. The summed E-state index contributed by atoms with van der Waals surface area (Å²) < 4.78 is 44.2. The predicted octanol–water partition coefficient (Wildman–Crippen LogP) is 3.11. The van der Waals surface area contributed by atoms with Crippen LogP contribution in [0.5, 0.6) is 5.75 Å². The van der Waals surface area contributed by atoms with E-state index in [9.17, 15) is 22.8 Å². The van der Waals surface area contributed by atoms with E-state index >= 15 is 0 Å². The molecule has 4 nitrogen and oxygen atoms in total. The predicted molar refractivity (Wildman–Crippen MR) is 63.3 cm³/mol. The van der Waals surface area contributed by atoms with Gasteiger partial charge in [0.05, 0.1) is 13.0 Å². The zero-order valence-corrected chi connectivity index (χ0v) is 10.7. The summed E-state index contributed by atoms with van der Waals surface area (Å²) in [5.41, 5.74) is 0.212. The lowest BCUT2D eigenvalue weighted by Crippen LogP contribution is -2.17. The normalized spacial score (nSPS) is 11.0. The van der Waals surface area contributed by atoms with Crippen LogP contribution in [0.3, 0.4) is 0 Å². The van der Waals surface area contributed by atoms with Gasteiger partial charge < -0.3 is 9.47 Å². The Morgan fingerprint density at radius 1 is 1.10 bits per heavy atom. The summed E-state index contributed by atoms with van der Waals surface area (Å²) in [7, 11) is 0. The van der Waals surface area contributed by atoms with Gasteiger partial charge in [-0.2, -0.15) is 0 Å². The Labute approximate surface area is 113 Å². The standard InChI is InChI=1S/C13H13F3O4/c1-2-19-12(18)8-7-11(17)9-3-5-10(6-4-9)20-13(14,15)16/h3-6H,2,7-8H2,1H3. The van der Waals surface area contributed by atoms with Crippen LogP contribution < -0.4 is 4.74 Å². The summed E-state index contributed by atoms with van der Waals surface area (Å²) in [6.45, 7) is 1.88. The lowest BCUT2D eigenvalue weighted by molar-refractivity contribution is -0.274. The molecule has 0 saturated heterocycles. The van der Waals surface area contributed by atoms with E-state index in [1.165, 1.54) is 12.1 Å². The molecule has 1 aromatic carbocycles. The minimum absolute atomic E-state index is 0.0572. The van der Waals surface area contributed by atoms with E-state index in [0.717, 1.165) is 12.1 Å². The van der Waals surface area contributed by atoms with Gasteiger partial charge in [-0.05, 0) is 31.2 Å². The maximum atomic E-state index is 11.9. The molecule has 0 unspecified atom stereocenters. The van der Waals surface area contributed by atoms with Crippen molar-refractivity contribution >= 4 is 11.8 Å². The maximum Gasteiger partial charge on any atom is 0.573 e. The van der Waals surface area contributed by atoms with Gasteiger partial charge in [-0.15, -0.1) is 13.2 Å². The second kappa shape index (κ2) is 6.93. The fourth-order valence-electron chi connectivity index (χ4n) is 1.44. The van der Waals surface area contributed by atoms with Crippen molar-refractivity contribution in [2.24, 2.45) is 0 Å². The highest BCUT2D eigenvalue weighted by Crippen LogP contribution is 2.23. The topological polar surface area (TPSA) is 52.6 Å². The van der Waals surface area contributed by atoms with Crippen molar-refractivity contribution in [2.45, 2.75) is 26.1 Å². The smallest absolute Gasteiger partial charge is 0.466 e. The first-order valence-electron chi connectivity index (χ1n) is 5.86. The minimum atomic E-state index is -4.77. The quantitative estimate of drug-likeness (QED) is 0.596. The molecule has 0 N–H and O–H groups in total. The first-order valence-corrected chi connectivity index (χ1v) is 5.86. The molecule has 0 aromatic heterocycles. The third-order valence-corrected chi connectivity index (χ3v) is 2.27. The summed E-state index contributed by atoms with van der Waals surface area (Å²) in [5, 5.41) is 0. The third-order valence-electron chi connectivity index (χ3n) is 2.27. The molecule has 0 aliphatic heterocycles. The van der Waals surface area contributed by atoms with Gasteiger partial charge in [-0.25, -0.2) is 0 Å². The number of Topliss-reactive ketones (excluding diaryl/α,β-unsaturated/α-hetero) is 1. The second-order valence-corrected chi connectivity index (χ2v) is 3.80. The number of rotatable bonds is 6. The van der Waals surface area contributed by atoms with Crippen molar-refractivity contribution in [3.05, 3.63) is 29.8 Å². The van der Waals surface area contributed by atoms with E-state index in [1.54, 1.807) is 6.92 Å². The Hall–Kier alpha value is -2.05. The number of carbonyl (C=O) groups excluding carboxylic acids is 2. The largest absolute Gasteiger partial charge is 0.573 e. The number of ether oxygens (including phenoxy) is 2. The molecule has 0 fully saturated rings. The van der Waals surface area contributed by atoms with Crippen LogP contribution in [0.25, 0.3) is 0 Å². The lowest BCUT2D eigenvalue weighted by atomic mass is 10.1. The number of alkyl halides is 3. The fraction of sp³-hybridized carbons (Fsp3) is 0.385. The van der Waals surface area contributed by atoms with E-state index < -0.39 is 18.1 Å². The van der Waals surface area contributed by atoms with Gasteiger partial charge in [-0.1, -0.05) is 0 Å². The van der Waals surface area contributed by atoms with E-state index in [1.807, 2.05) is 0 Å². The fourth-order valence-corrected chi connectivity index (χ4v) is 1.44. The van der Waals surface area contributed by atoms with Crippen LogP contribution in [-0.4, -0.2) is 24.7 Å². The zero-order valence-electron chi connectivity index (χ0n) is 10.7. The Bertz CT molecular complexity index is 465. The molecule has 7 heteroatoms. The number of benzene rings is 1. The highest BCUT2D eigenvalue weighted by molar-refractivity contribution is 5.97. The summed E-state index contributed by atoms with van der Waals surface area (Å²) >= 11 is 0. The molecule has 0 amide bonds. The number of hydrogen-bond donors (Lipinski definition) is 0. The second-order valence-electron chi connectivity index (χ2n) is 3.80. The van der Waals surface area contributed by atoms with Crippen molar-refractivity contribution in [2.75, 3.05) is 6.61 Å². The zero-order chi connectivity index (χ0) is 15.2. The molecule has 110 valence electrons. The van der Waals surface area contributed by atoms with E-state index in [-0.39, 0.29) is 30.8 Å². The molecule has 0 radical (unpaired) electrons. The molecule has 0 spiro atoms. The molecule has 1 aromatic rings. The molecule has 1 rings (SSSR count). The van der Waals surface area contributed by atoms with Crippen molar-refractivity contribution in [1.82, 2.24) is 0 Å². The van der Waals surface area contributed by atoms with Crippen LogP contribution in [0.4, 0.5) is 13.2 Å². The van der Waals surface area contributed by atoms with Crippen LogP contribution in [0.1, 0.15) is 30.1 Å². The molecular weight excluding hydrogens is 277 g/mol. The average Bonchev–Trinajstić information content (AvgIpc) is 2.35. The third kappa shape index (κ3) is 5.73. The number of halogens is 3. The first-order chi connectivity index (χ1) is 9.31. The van der Waals surface area contributed by atoms with Crippen LogP contribution in [0.15, 0.2) is 24.3 Å². The van der Waals surface area contributed by atoms with E-state index in [0.29, 0.717) is 0 Å². The van der Waals surface area contributed by atoms with Crippen LogP contribution in [-0.2, 0) is 9.53 Å². The lowest BCUT2D eigenvalue weighted by Gasteiger charge is -2.09. The molecule has 0 aliphatic carbocycles. The molecule has 0 bridgehead atoms. The molecule has 0 atom stereocenters. The Balaban J connectivity index is 2.55. The minimum Gasteiger partial charge on any atom is -0.466 e. The van der Waals surface area contributed by atoms with Gasteiger partial charge in [0.25, 0.3) is 0 Å². The number of esters is 1. The van der Waals surface area contributed by atoms with Crippen molar-refractivity contribution in [3.8, 4) is 5.75 Å². The van der Waals surface area contributed by atoms with Gasteiger partial charge >= 0.3 is 12.3 Å². The van der Waals surface area contributed by atoms with Crippen molar-refractivity contribution < 1.29 is 32.2 Å². The van der Waals surface area contributed by atoms with Gasteiger partial charge in [0.15, 0.2) is 5.78 Å². The van der Waals surface area contributed by atoms with Crippen LogP contribution in [0.2, 0.25) is 0 Å². The molecule has 0 saturated carbocycles. The van der Waals surface area contributed by atoms with Gasteiger partial charge in [0, 0.05) is 12.0 Å². The van der Waals surface area contributed by atoms with Gasteiger partial charge in [-0.3, -0.25) is 9.59 Å². The first kappa shape index (κ1) is 16.0. The summed E-state index contributed by atoms with van der Waals surface area (Å²) in [4.78, 5) is 22.7. The summed E-state index contributed by atoms with van der Waals surface area (Å²) in [6, 6.07) is 4.53. The van der Waals surface area contributed by atoms with Gasteiger partial charge in [0.2, 0.25) is 0 Å². The van der Waals surface area contributed by atoms with Crippen molar-refractivity contribution in [3.63, 3.8) is 0 Å². The average molecular weight is 290 g/mol. The summed E-state index contributed by atoms with van der Waals surface area (Å²) in [5.74, 6) is -1.24. The Kier molecular flexibility index (Phi) is 5.54.